The molecule has 7 heavy (non-hydrogen) atoms. The van der Waals surface area contributed by atoms with Crippen molar-refractivity contribution in [3.05, 3.63) is 0 Å². The van der Waals surface area contributed by atoms with Gasteiger partial charge in [-0.2, -0.15) is 0 Å². The first-order chi connectivity index (χ1) is 3.43. The van der Waals surface area contributed by atoms with E-state index in [0.29, 0.717) is 6.02 Å². The molecule has 1 rings (SSSR count). The molecule has 0 fully saturated rings. The van der Waals surface area contributed by atoms with E-state index in [1.54, 1.807) is 7.11 Å². The minimum Gasteiger partial charge on any atom is -0.467 e. The van der Waals surface area contributed by atoms with Crippen molar-refractivity contribution >= 4 is 6.02 Å². The highest BCUT2D eigenvalue weighted by atomic mass is 16.5. The summed E-state index contributed by atoms with van der Waals surface area (Å²) in [6, 6.07) is 0.542. The summed E-state index contributed by atoms with van der Waals surface area (Å²) in [5, 5.41) is 3.88. The average Bonchev–Trinajstić information content (AvgIpc) is 2.14. The van der Waals surface area contributed by atoms with Gasteiger partial charge >= 0.3 is 6.02 Å². The van der Waals surface area contributed by atoms with Crippen LogP contribution in [0.4, 0.5) is 0 Å². The van der Waals surface area contributed by atoms with Gasteiger partial charge in [-0.15, -0.1) is 0 Å². The number of rotatable bonds is 0. The largest absolute Gasteiger partial charge is 0.467 e. The maximum Gasteiger partial charge on any atom is 0.306 e. The Hall–Kier alpha value is -0.730. The standard InChI is InChI=1S/C4H7N2O/c1-7-4-5-2-3-6-4/h2-3H2,1H3. The van der Waals surface area contributed by atoms with Crippen LogP contribution < -0.4 is 5.32 Å². The monoisotopic (exact) mass is 99.1 g/mol. The van der Waals surface area contributed by atoms with Gasteiger partial charge in [-0.05, 0) is 0 Å². The van der Waals surface area contributed by atoms with Crippen molar-refractivity contribution in [3.8, 4) is 0 Å². The van der Waals surface area contributed by atoms with Crippen molar-refractivity contribution in [2.24, 2.45) is 4.99 Å². The molecule has 0 aromatic carbocycles. The molecule has 0 N–H and O–H groups in total. The third kappa shape index (κ3) is 0.824. The molecule has 1 aliphatic heterocycles. The second-order valence-corrected chi connectivity index (χ2v) is 1.25. The molecule has 0 saturated carbocycles. The Labute approximate surface area is 42.4 Å². The zero-order valence-corrected chi connectivity index (χ0v) is 4.22. The van der Waals surface area contributed by atoms with Crippen molar-refractivity contribution in [1.29, 1.82) is 0 Å². The number of ether oxygens (including phenoxy) is 1. The molecule has 3 heteroatoms. The minimum absolute atomic E-state index is 0.542. The van der Waals surface area contributed by atoms with Crippen LogP contribution in [0.5, 0.6) is 0 Å². The lowest BCUT2D eigenvalue weighted by atomic mass is 10.7. The van der Waals surface area contributed by atoms with E-state index in [2.05, 4.69) is 10.3 Å². The lowest BCUT2D eigenvalue weighted by Gasteiger charge is -1.91. The van der Waals surface area contributed by atoms with Gasteiger partial charge in [-0.1, -0.05) is 0 Å². The third-order valence-corrected chi connectivity index (χ3v) is 0.777. The predicted octanol–water partition coefficient (Wildman–Crippen LogP) is -0.393. The molecule has 1 radical (unpaired) electrons. The van der Waals surface area contributed by atoms with Crippen LogP contribution in [0.2, 0.25) is 0 Å². The third-order valence-electron chi connectivity index (χ3n) is 0.777. The summed E-state index contributed by atoms with van der Waals surface area (Å²) >= 11 is 0. The van der Waals surface area contributed by atoms with E-state index in [9.17, 15) is 0 Å². The molecule has 0 aliphatic carbocycles. The van der Waals surface area contributed by atoms with E-state index < -0.39 is 0 Å². The van der Waals surface area contributed by atoms with Crippen LogP contribution >= 0.6 is 0 Å². The molecule has 0 amide bonds. The van der Waals surface area contributed by atoms with Crippen molar-refractivity contribution in [3.63, 3.8) is 0 Å². The zero-order chi connectivity index (χ0) is 5.11. The Morgan fingerprint density at radius 1 is 1.57 bits per heavy atom. The van der Waals surface area contributed by atoms with E-state index >= 15 is 0 Å². The molecular weight excluding hydrogens is 92.1 g/mol. The fourth-order valence-electron chi connectivity index (χ4n) is 0.470. The number of amidine groups is 1. The summed E-state index contributed by atoms with van der Waals surface area (Å²) in [6.45, 7) is 1.59. The molecule has 0 bridgehead atoms. The van der Waals surface area contributed by atoms with E-state index in [-0.39, 0.29) is 0 Å². The first-order valence-corrected chi connectivity index (χ1v) is 2.19. The Kier molecular flexibility index (Phi) is 1.15. The highest BCUT2D eigenvalue weighted by Crippen LogP contribution is 1.85. The fourth-order valence-corrected chi connectivity index (χ4v) is 0.470. The molecule has 0 aromatic heterocycles. The SMILES string of the molecule is COC1=NCC[N]1. The number of aliphatic imine (C=N–C) groups is 1. The number of methoxy groups -OCH3 is 1. The molecule has 0 aromatic rings. The van der Waals surface area contributed by atoms with Crippen LogP contribution in [0, 0.1) is 0 Å². The van der Waals surface area contributed by atoms with Gasteiger partial charge in [0.05, 0.1) is 20.2 Å². The van der Waals surface area contributed by atoms with Crippen LogP contribution in [0.25, 0.3) is 0 Å². The van der Waals surface area contributed by atoms with Gasteiger partial charge in [0.2, 0.25) is 0 Å². The first-order valence-electron chi connectivity index (χ1n) is 2.19. The lowest BCUT2D eigenvalue weighted by Crippen LogP contribution is -2.11. The van der Waals surface area contributed by atoms with Gasteiger partial charge in [0.1, 0.15) is 0 Å². The van der Waals surface area contributed by atoms with Gasteiger partial charge in [-0.3, -0.25) is 0 Å². The topological polar surface area (TPSA) is 35.7 Å². The van der Waals surface area contributed by atoms with Gasteiger partial charge in [0.15, 0.2) is 0 Å². The van der Waals surface area contributed by atoms with E-state index in [0.717, 1.165) is 13.1 Å². The highest BCUT2D eigenvalue weighted by Gasteiger charge is 2.03. The summed E-state index contributed by atoms with van der Waals surface area (Å²) in [7, 11) is 1.58. The average molecular weight is 99.1 g/mol. The number of hydrogen-bond donors (Lipinski definition) is 0. The van der Waals surface area contributed by atoms with Crippen LogP contribution in [0.3, 0.4) is 0 Å². The maximum absolute atomic E-state index is 4.69. The second-order valence-electron chi connectivity index (χ2n) is 1.25. The number of hydrogen-bond acceptors (Lipinski definition) is 2. The summed E-state index contributed by atoms with van der Waals surface area (Å²) in [4.78, 5) is 3.88. The second kappa shape index (κ2) is 1.82. The van der Waals surface area contributed by atoms with E-state index in [4.69, 9.17) is 4.74 Å². The molecular formula is C4H7N2O. The Morgan fingerprint density at radius 3 is 2.71 bits per heavy atom. The van der Waals surface area contributed by atoms with Crippen LogP contribution in [-0.2, 0) is 4.74 Å². The molecule has 39 valence electrons. The van der Waals surface area contributed by atoms with Crippen LogP contribution in [-0.4, -0.2) is 26.2 Å². The Balaban J connectivity index is 2.36. The van der Waals surface area contributed by atoms with Crippen molar-refractivity contribution in [1.82, 2.24) is 5.32 Å². The molecule has 1 heterocycles. The fraction of sp³-hybridized carbons (Fsp3) is 0.750. The van der Waals surface area contributed by atoms with Crippen LogP contribution in [0.15, 0.2) is 4.99 Å². The van der Waals surface area contributed by atoms with Gasteiger partial charge < -0.3 is 4.74 Å². The Bertz CT molecular complexity index is 89.7. The molecule has 0 spiro atoms. The highest BCUT2D eigenvalue weighted by molar-refractivity contribution is 5.74. The van der Waals surface area contributed by atoms with Crippen LogP contribution in [0.1, 0.15) is 0 Å². The molecule has 0 unspecified atom stereocenters. The normalized spacial score (nSPS) is 18.1. The van der Waals surface area contributed by atoms with Gasteiger partial charge in [-0.25, -0.2) is 10.3 Å². The van der Waals surface area contributed by atoms with Crippen molar-refractivity contribution < 1.29 is 4.74 Å². The van der Waals surface area contributed by atoms with Gasteiger partial charge in [0, 0.05) is 0 Å². The lowest BCUT2D eigenvalue weighted by molar-refractivity contribution is 0.387. The summed E-state index contributed by atoms with van der Waals surface area (Å²) in [5.41, 5.74) is 0. The summed E-state index contributed by atoms with van der Waals surface area (Å²) in [5.74, 6) is 0. The van der Waals surface area contributed by atoms with Gasteiger partial charge in [0.25, 0.3) is 0 Å². The minimum atomic E-state index is 0.542. The zero-order valence-electron chi connectivity index (χ0n) is 4.22. The Morgan fingerprint density at radius 2 is 2.43 bits per heavy atom. The summed E-state index contributed by atoms with van der Waals surface area (Å²) in [6.07, 6.45) is 0. The molecule has 0 saturated heterocycles. The quantitative estimate of drug-likeness (QED) is 0.407. The smallest absolute Gasteiger partial charge is 0.306 e. The summed E-state index contributed by atoms with van der Waals surface area (Å²) < 4.78 is 4.69. The number of nitrogens with zero attached hydrogens (tertiary/aromatic N) is 2. The molecule has 1 aliphatic rings. The van der Waals surface area contributed by atoms with E-state index in [1.165, 1.54) is 0 Å². The van der Waals surface area contributed by atoms with Crippen molar-refractivity contribution in [2.45, 2.75) is 0 Å². The maximum atomic E-state index is 4.69. The van der Waals surface area contributed by atoms with E-state index in [1.807, 2.05) is 0 Å². The molecule has 0 atom stereocenters. The predicted molar refractivity (Wildman–Crippen MR) is 26.3 cm³/mol. The van der Waals surface area contributed by atoms with Crippen molar-refractivity contribution in [2.75, 3.05) is 20.2 Å². The molecule has 3 nitrogen and oxygen atoms in total. The first kappa shape index (κ1) is 4.43.